The molecular formula is C14H18ClN3O. The maximum absolute atomic E-state index is 6.22. The molecule has 1 N–H and O–H groups in total. The minimum absolute atomic E-state index is 0.486. The molecule has 1 fully saturated rings. The molecular weight excluding hydrogens is 262 g/mol. The second-order valence-electron chi connectivity index (χ2n) is 4.96. The summed E-state index contributed by atoms with van der Waals surface area (Å²) in [4.78, 5) is 4.50. The van der Waals surface area contributed by atoms with Gasteiger partial charge in [-0.05, 0) is 31.5 Å². The summed E-state index contributed by atoms with van der Waals surface area (Å²) in [5.74, 6) is 1.75. The Balaban J connectivity index is 1.98. The highest BCUT2D eigenvalue weighted by Gasteiger charge is 2.19. The Labute approximate surface area is 117 Å². The van der Waals surface area contributed by atoms with E-state index < -0.39 is 0 Å². The van der Waals surface area contributed by atoms with Gasteiger partial charge in [-0.3, -0.25) is 4.40 Å². The van der Waals surface area contributed by atoms with E-state index in [0.717, 1.165) is 30.2 Å². The van der Waals surface area contributed by atoms with Gasteiger partial charge in [0.1, 0.15) is 5.82 Å². The number of pyridine rings is 1. The SMILES string of the molecule is COc1cccc2c(Cl)nc(CC3CCCCN3)n12. The van der Waals surface area contributed by atoms with Gasteiger partial charge in [-0.2, -0.15) is 0 Å². The van der Waals surface area contributed by atoms with Crippen molar-refractivity contribution in [3.05, 3.63) is 29.2 Å². The Morgan fingerprint density at radius 3 is 3.11 bits per heavy atom. The molecule has 2 aromatic heterocycles. The maximum Gasteiger partial charge on any atom is 0.199 e. The number of hydrogen-bond donors (Lipinski definition) is 1. The first-order chi connectivity index (χ1) is 9.29. The van der Waals surface area contributed by atoms with Crippen LogP contribution in [-0.4, -0.2) is 29.1 Å². The summed E-state index contributed by atoms with van der Waals surface area (Å²) >= 11 is 6.22. The molecule has 102 valence electrons. The molecule has 0 amide bonds. The van der Waals surface area contributed by atoms with Crippen LogP contribution in [0.2, 0.25) is 5.15 Å². The number of aromatic nitrogens is 2. The van der Waals surface area contributed by atoms with E-state index in [1.807, 2.05) is 22.6 Å². The molecule has 5 heteroatoms. The molecule has 0 aromatic carbocycles. The average molecular weight is 280 g/mol. The number of halogens is 1. The van der Waals surface area contributed by atoms with Crippen LogP contribution in [0.15, 0.2) is 18.2 Å². The zero-order valence-corrected chi connectivity index (χ0v) is 11.8. The minimum Gasteiger partial charge on any atom is -0.482 e. The van der Waals surface area contributed by atoms with Gasteiger partial charge in [-0.1, -0.05) is 24.1 Å². The summed E-state index contributed by atoms with van der Waals surface area (Å²) in [6.07, 6.45) is 4.63. The molecule has 1 atom stereocenters. The van der Waals surface area contributed by atoms with E-state index in [1.165, 1.54) is 19.3 Å². The van der Waals surface area contributed by atoms with Gasteiger partial charge in [0.2, 0.25) is 0 Å². The first-order valence-electron chi connectivity index (χ1n) is 6.73. The first kappa shape index (κ1) is 12.8. The molecule has 1 aliphatic heterocycles. The quantitative estimate of drug-likeness (QED) is 0.939. The van der Waals surface area contributed by atoms with E-state index in [0.29, 0.717) is 11.2 Å². The molecule has 3 rings (SSSR count). The van der Waals surface area contributed by atoms with Crippen molar-refractivity contribution >= 4 is 17.1 Å². The highest BCUT2D eigenvalue weighted by molar-refractivity contribution is 6.32. The molecule has 0 bridgehead atoms. The van der Waals surface area contributed by atoms with E-state index in [1.54, 1.807) is 7.11 Å². The van der Waals surface area contributed by atoms with Crippen LogP contribution in [0.25, 0.3) is 5.52 Å². The number of nitrogens with zero attached hydrogens (tertiary/aromatic N) is 2. The molecule has 1 saturated heterocycles. The Kier molecular flexibility index (Phi) is 3.62. The van der Waals surface area contributed by atoms with Crippen LogP contribution in [0.4, 0.5) is 0 Å². The fraction of sp³-hybridized carbons (Fsp3) is 0.500. The van der Waals surface area contributed by atoms with Crippen molar-refractivity contribution < 1.29 is 4.74 Å². The van der Waals surface area contributed by atoms with E-state index in [2.05, 4.69) is 10.3 Å². The topological polar surface area (TPSA) is 38.6 Å². The van der Waals surface area contributed by atoms with Crippen molar-refractivity contribution in [1.82, 2.24) is 14.7 Å². The third-order valence-electron chi connectivity index (χ3n) is 3.70. The molecule has 4 nitrogen and oxygen atoms in total. The number of methoxy groups -OCH3 is 1. The van der Waals surface area contributed by atoms with E-state index in [-0.39, 0.29) is 0 Å². The summed E-state index contributed by atoms with van der Waals surface area (Å²) in [6.45, 7) is 1.10. The summed E-state index contributed by atoms with van der Waals surface area (Å²) in [5, 5.41) is 4.09. The molecule has 3 heterocycles. The van der Waals surface area contributed by atoms with Crippen LogP contribution in [0.1, 0.15) is 25.1 Å². The highest BCUT2D eigenvalue weighted by Crippen LogP contribution is 2.25. The second kappa shape index (κ2) is 5.39. The van der Waals surface area contributed by atoms with E-state index in [9.17, 15) is 0 Å². The van der Waals surface area contributed by atoms with Crippen molar-refractivity contribution in [1.29, 1.82) is 0 Å². The van der Waals surface area contributed by atoms with Crippen molar-refractivity contribution in [2.45, 2.75) is 31.7 Å². The summed E-state index contributed by atoms with van der Waals surface area (Å²) in [6, 6.07) is 6.32. The minimum atomic E-state index is 0.486. The van der Waals surface area contributed by atoms with Crippen LogP contribution in [0.5, 0.6) is 5.88 Å². The van der Waals surface area contributed by atoms with Crippen LogP contribution < -0.4 is 10.1 Å². The molecule has 2 aromatic rings. The molecule has 0 saturated carbocycles. The molecule has 0 spiro atoms. The number of rotatable bonds is 3. The van der Waals surface area contributed by atoms with E-state index >= 15 is 0 Å². The monoisotopic (exact) mass is 279 g/mol. The largest absolute Gasteiger partial charge is 0.482 e. The fourth-order valence-electron chi connectivity index (χ4n) is 2.75. The van der Waals surface area contributed by atoms with E-state index in [4.69, 9.17) is 16.3 Å². The lowest BCUT2D eigenvalue weighted by atomic mass is 10.0. The summed E-state index contributed by atoms with van der Waals surface area (Å²) in [5.41, 5.74) is 0.909. The van der Waals surface area contributed by atoms with Gasteiger partial charge in [-0.15, -0.1) is 0 Å². The zero-order valence-electron chi connectivity index (χ0n) is 11.0. The molecule has 1 aliphatic rings. The van der Waals surface area contributed by atoms with Gasteiger partial charge >= 0.3 is 0 Å². The number of fused-ring (bicyclic) bond motifs is 1. The number of imidazole rings is 1. The predicted molar refractivity (Wildman–Crippen MR) is 76.1 cm³/mol. The Morgan fingerprint density at radius 1 is 1.47 bits per heavy atom. The van der Waals surface area contributed by atoms with Crippen molar-refractivity contribution in [2.24, 2.45) is 0 Å². The highest BCUT2D eigenvalue weighted by atomic mass is 35.5. The van der Waals surface area contributed by atoms with Gasteiger partial charge in [0, 0.05) is 12.5 Å². The Bertz CT molecular complexity index is 575. The third kappa shape index (κ3) is 2.42. The van der Waals surface area contributed by atoms with Crippen LogP contribution >= 0.6 is 11.6 Å². The molecule has 1 unspecified atom stereocenters. The Morgan fingerprint density at radius 2 is 2.37 bits per heavy atom. The van der Waals surface area contributed by atoms with Gasteiger partial charge in [0.15, 0.2) is 11.0 Å². The van der Waals surface area contributed by atoms with Gasteiger partial charge in [-0.25, -0.2) is 4.98 Å². The standard InChI is InChI=1S/C14H18ClN3O/c1-19-13-7-4-6-11-14(15)17-12(18(11)13)9-10-5-2-3-8-16-10/h4,6-7,10,16H,2-3,5,8-9H2,1H3. The van der Waals surface area contributed by atoms with Crippen molar-refractivity contribution in [3.63, 3.8) is 0 Å². The van der Waals surface area contributed by atoms with Crippen molar-refractivity contribution in [2.75, 3.05) is 13.7 Å². The van der Waals surface area contributed by atoms with Gasteiger partial charge in [0.25, 0.3) is 0 Å². The predicted octanol–water partition coefficient (Wildman–Crippen LogP) is 2.68. The summed E-state index contributed by atoms with van der Waals surface area (Å²) in [7, 11) is 1.67. The van der Waals surface area contributed by atoms with Crippen LogP contribution in [0.3, 0.4) is 0 Å². The lowest BCUT2D eigenvalue weighted by Crippen LogP contribution is -2.36. The van der Waals surface area contributed by atoms with Crippen molar-refractivity contribution in [3.8, 4) is 5.88 Å². The summed E-state index contributed by atoms with van der Waals surface area (Å²) < 4.78 is 7.43. The second-order valence-corrected chi connectivity index (χ2v) is 5.32. The normalized spacial score (nSPS) is 19.8. The number of hydrogen-bond acceptors (Lipinski definition) is 3. The molecule has 0 aliphatic carbocycles. The van der Waals surface area contributed by atoms with Gasteiger partial charge < -0.3 is 10.1 Å². The first-order valence-corrected chi connectivity index (χ1v) is 7.10. The maximum atomic E-state index is 6.22. The molecule has 0 radical (unpaired) electrons. The lowest BCUT2D eigenvalue weighted by molar-refractivity contribution is 0.377. The van der Waals surface area contributed by atoms with Crippen LogP contribution in [-0.2, 0) is 6.42 Å². The third-order valence-corrected chi connectivity index (χ3v) is 3.98. The van der Waals surface area contributed by atoms with Gasteiger partial charge in [0.05, 0.1) is 12.6 Å². The number of piperidine rings is 1. The number of ether oxygens (including phenoxy) is 1. The fourth-order valence-corrected chi connectivity index (χ4v) is 3.00. The Hall–Kier alpha value is -1.26. The zero-order chi connectivity index (χ0) is 13.2. The lowest BCUT2D eigenvalue weighted by Gasteiger charge is -2.23. The van der Waals surface area contributed by atoms with Crippen LogP contribution in [0, 0.1) is 0 Å². The smallest absolute Gasteiger partial charge is 0.199 e. The molecule has 19 heavy (non-hydrogen) atoms. The average Bonchev–Trinajstić information content (AvgIpc) is 2.77. The number of nitrogens with one attached hydrogen (secondary N) is 1.